The third-order valence-electron chi connectivity index (χ3n) is 3.69. The van der Waals surface area contributed by atoms with E-state index < -0.39 is 34.3 Å². The Morgan fingerprint density at radius 1 is 1.19 bits per heavy atom. The maximum Gasteiger partial charge on any atom is 0.328 e. The molecule has 9 heteroatoms. The molecule has 2 aromatic carbocycles. The van der Waals surface area contributed by atoms with E-state index in [4.69, 9.17) is 4.74 Å². The number of esters is 1. The number of benzene rings is 2. The average Bonchev–Trinajstić information content (AvgIpc) is 2.62. The molecule has 3 N–H and O–H groups in total. The van der Waals surface area contributed by atoms with Crippen LogP contribution in [0.25, 0.3) is 0 Å². The summed E-state index contributed by atoms with van der Waals surface area (Å²) in [7, 11) is 0. The van der Waals surface area contributed by atoms with E-state index in [1.807, 2.05) is 0 Å². The van der Waals surface area contributed by atoms with Crippen molar-refractivity contribution in [3.05, 3.63) is 63.7 Å². The summed E-state index contributed by atoms with van der Waals surface area (Å²) in [5.41, 5.74) is 0.105. The molecule has 1 atom stereocenters. The Bertz CT molecular complexity index is 849. The van der Waals surface area contributed by atoms with Crippen molar-refractivity contribution in [2.24, 2.45) is 0 Å². The summed E-state index contributed by atoms with van der Waals surface area (Å²) in [5.74, 6) is -1.93. The third kappa shape index (κ3) is 5.18. The van der Waals surface area contributed by atoms with Gasteiger partial charge in [0, 0.05) is 18.1 Å². The van der Waals surface area contributed by atoms with Crippen LogP contribution >= 0.6 is 0 Å². The first-order chi connectivity index (χ1) is 12.8. The zero-order valence-corrected chi connectivity index (χ0v) is 14.4. The zero-order chi connectivity index (χ0) is 20.0. The normalized spacial score (nSPS) is 11.4. The molecule has 1 amide bonds. The van der Waals surface area contributed by atoms with Gasteiger partial charge in [-0.1, -0.05) is 12.1 Å². The fraction of sp³-hybridized carbons (Fsp3) is 0.222. The Morgan fingerprint density at radius 3 is 2.41 bits per heavy atom. The van der Waals surface area contributed by atoms with Gasteiger partial charge in [0.05, 0.1) is 11.5 Å². The van der Waals surface area contributed by atoms with Gasteiger partial charge >= 0.3 is 11.7 Å². The van der Waals surface area contributed by atoms with Gasteiger partial charge < -0.3 is 20.3 Å². The number of ether oxygens (including phenoxy) is 1. The van der Waals surface area contributed by atoms with Gasteiger partial charge in [0.2, 0.25) is 0 Å². The molecule has 27 heavy (non-hydrogen) atoms. The first-order valence-electron chi connectivity index (χ1n) is 8.04. The molecule has 0 radical (unpaired) electrons. The SMILES string of the molecule is CCOC(=O)C(Cc1ccc(O)cc1)NC(=O)c1ccc([N+](=O)[O-])c(O)c1. The summed E-state index contributed by atoms with van der Waals surface area (Å²) in [6.07, 6.45) is 0.115. The van der Waals surface area contributed by atoms with Gasteiger partial charge in [0.1, 0.15) is 11.8 Å². The highest BCUT2D eigenvalue weighted by atomic mass is 16.6. The number of aromatic hydroxyl groups is 2. The topological polar surface area (TPSA) is 139 Å². The molecule has 0 aliphatic heterocycles. The number of rotatable bonds is 7. The molecule has 0 saturated heterocycles. The monoisotopic (exact) mass is 374 g/mol. The Kier molecular flexibility index (Phi) is 6.32. The second kappa shape index (κ2) is 8.65. The van der Waals surface area contributed by atoms with E-state index in [9.17, 15) is 29.9 Å². The summed E-state index contributed by atoms with van der Waals surface area (Å²) in [4.78, 5) is 34.5. The zero-order valence-electron chi connectivity index (χ0n) is 14.4. The van der Waals surface area contributed by atoms with Crippen LogP contribution in [0.1, 0.15) is 22.8 Å². The number of carbonyl (C=O) groups excluding carboxylic acids is 2. The molecule has 9 nitrogen and oxygen atoms in total. The van der Waals surface area contributed by atoms with Crippen molar-refractivity contribution in [1.82, 2.24) is 5.32 Å². The number of nitro groups is 1. The lowest BCUT2D eigenvalue weighted by Crippen LogP contribution is -2.43. The van der Waals surface area contributed by atoms with Crippen LogP contribution in [-0.4, -0.2) is 39.7 Å². The van der Waals surface area contributed by atoms with Crippen LogP contribution in [0.3, 0.4) is 0 Å². The number of phenolic OH excluding ortho intramolecular Hbond substituents is 2. The van der Waals surface area contributed by atoms with Crippen molar-refractivity contribution in [2.75, 3.05) is 6.61 Å². The Morgan fingerprint density at radius 2 is 1.85 bits per heavy atom. The van der Waals surface area contributed by atoms with E-state index in [0.717, 1.165) is 12.1 Å². The number of nitro benzene ring substituents is 1. The summed E-state index contributed by atoms with van der Waals surface area (Å²) in [6, 6.07) is 8.23. The van der Waals surface area contributed by atoms with Gasteiger partial charge in [-0.2, -0.15) is 0 Å². The van der Waals surface area contributed by atoms with Crippen LogP contribution in [0.2, 0.25) is 0 Å². The van der Waals surface area contributed by atoms with Gasteiger partial charge in [-0.25, -0.2) is 4.79 Å². The molecule has 2 aromatic rings. The summed E-state index contributed by atoms with van der Waals surface area (Å²) < 4.78 is 4.97. The maximum atomic E-state index is 12.4. The molecule has 2 rings (SSSR count). The maximum absolute atomic E-state index is 12.4. The smallest absolute Gasteiger partial charge is 0.328 e. The highest BCUT2D eigenvalue weighted by molar-refractivity contribution is 5.97. The minimum absolute atomic E-state index is 0.0434. The Hall–Kier alpha value is -3.62. The number of amides is 1. The number of nitrogens with zero attached hydrogens (tertiary/aromatic N) is 1. The van der Waals surface area contributed by atoms with Crippen molar-refractivity contribution in [3.8, 4) is 11.5 Å². The number of hydrogen-bond acceptors (Lipinski definition) is 7. The first kappa shape index (κ1) is 19.7. The lowest BCUT2D eigenvalue weighted by molar-refractivity contribution is -0.385. The van der Waals surface area contributed by atoms with Crippen LogP contribution in [0, 0.1) is 10.1 Å². The van der Waals surface area contributed by atoms with E-state index in [1.54, 1.807) is 19.1 Å². The van der Waals surface area contributed by atoms with Crippen LogP contribution in [0.5, 0.6) is 11.5 Å². The third-order valence-corrected chi connectivity index (χ3v) is 3.69. The van der Waals surface area contributed by atoms with Gasteiger partial charge in [0.25, 0.3) is 5.91 Å². The number of phenols is 2. The molecule has 0 fully saturated rings. The minimum atomic E-state index is -1.01. The molecule has 1 unspecified atom stereocenters. The predicted octanol–water partition coefficient (Wildman–Crippen LogP) is 1.91. The van der Waals surface area contributed by atoms with E-state index in [2.05, 4.69) is 5.32 Å². The molecule has 0 heterocycles. The van der Waals surface area contributed by atoms with E-state index >= 15 is 0 Å². The number of nitrogens with one attached hydrogen (secondary N) is 1. The molecule has 0 aliphatic rings. The van der Waals surface area contributed by atoms with Crippen molar-refractivity contribution in [3.63, 3.8) is 0 Å². The second-order valence-corrected chi connectivity index (χ2v) is 5.61. The lowest BCUT2D eigenvalue weighted by atomic mass is 10.0. The Balaban J connectivity index is 2.19. The van der Waals surface area contributed by atoms with Crippen molar-refractivity contribution in [1.29, 1.82) is 0 Å². The Labute approximate surface area is 154 Å². The lowest BCUT2D eigenvalue weighted by Gasteiger charge is -2.17. The largest absolute Gasteiger partial charge is 0.508 e. The molecule has 0 spiro atoms. The molecule has 142 valence electrons. The van der Waals surface area contributed by atoms with Crippen LogP contribution in [-0.2, 0) is 16.0 Å². The summed E-state index contributed by atoms with van der Waals surface area (Å²) in [5, 5.41) is 32.2. The fourth-order valence-electron chi connectivity index (χ4n) is 2.36. The average molecular weight is 374 g/mol. The summed E-state index contributed by atoms with van der Waals surface area (Å²) in [6.45, 7) is 1.75. The van der Waals surface area contributed by atoms with E-state index in [0.29, 0.717) is 5.56 Å². The molecule has 0 aromatic heterocycles. The van der Waals surface area contributed by atoms with E-state index in [-0.39, 0.29) is 24.3 Å². The van der Waals surface area contributed by atoms with Gasteiger partial charge in [-0.15, -0.1) is 0 Å². The van der Waals surface area contributed by atoms with Crippen LogP contribution in [0.15, 0.2) is 42.5 Å². The molecule has 0 saturated carbocycles. The predicted molar refractivity (Wildman–Crippen MR) is 94.5 cm³/mol. The van der Waals surface area contributed by atoms with Crippen molar-refractivity contribution < 1.29 is 29.5 Å². The molecular weight excluding hydrogens is 356 g/mol. The second-order valence-electron chi connectivity index (χ2n) is 5.61. The van der Waals surface area contributed by atoms with Crippen molar-refractivity contribution in [2.45, 2.75) is 19.4 Å². The summed E-state index contributed by atoms with van der Waals surface area (Å²) >= 11 is 0. The van der Waals surface area contributed by atoms with Crippen molar-refractivity contribution >= 4 is 17.6 Å². The molecule has 0 aliphatic carbocycles. The van der Waals surface area contributed by atoms with Gasteiger partial charge in [0.15, 0.2) is 5.75 Å². The minimum Gasteiger partial charge on any atom is -0.508 e. The van der Waals surface area contributed by atoms with E-state index in [1.165, 1.54) is 18.2 Å². The highest BCUT2D eigenvalue weighted by Gasteiger charge is 2.24. The van der Waals surface area contributed by atoms with Crippen LogP contribution in [0.4, 0.5) is 5.69 Å². The fourth-order valence-corrected chi connectivity index (χ4v) is 2.36. The van der Waals surface area contributed by atoms with Gasteiger partial charge in [-0.3, -0.25) is 14.9 Å². The standard InChI is InChI=1S/C18H18N2O7/c1-2-27-18(24)14(9-11-3-6-13(21)7-4-11)19-17(23)12-5-8-15(20(25)26)16(22)10-12/h3-8,10,14,21-22H,2,9H2,1H3,(H,19,23). The van der Waals surface area contributed by atoms with Crippen LogP contribution < -0.4 is 5.32 Å². The number of hydrogen-bond donors (Lipinski definition) is 3. The molecular formula is C18H18N2O7. The van der Waals surface area contributed by atoms with Gasteiger partial charge in [-0.05, 0) is 36.8 Å². The number of carbonyl (C=O) groups is 2. The first-order valence-corrected chi connectivity index (χ1v) is 8.04. The highest BCUT2D eigenvalue weighted by Crippen LogP contribution is 2.26. The molecule has 0 bridgehead atoms. The quantitative estimate of drug-likeness (QED) is 0.382.